The number of hydrogen-bond acceptors (Lipinski definition) is 2. The Morgan fingerprint density at radius 2 is 1.73 bits per heavy atom. The molecule has 2 nitrogen and oxygen atoms in total. The lowest BCUT2D eigenvalue weighted by Gasteiger charge is -2.20. The summed E-state index contributed by atoms with van der Waals surface area (Å²) in [5.74, 6) is 0. The molecule has 1 aliphatic carbocycles. The summed E-state index contributed by atoms with van der Waals surface area (Å²) < 4.78 is 0. The monoisotopic (exact) mass is 196 g/mol. The number of hydrogen-bond donors (Lipinski definition) is 2. The van der Waals surface area contributed by atoms with Gasteiger partial charge in [-0.1, -0.05) is 36.4 Å². The van der Waals surface area contributed by atoms with Crippen LogP contribution in [0.2, 0.25) is 0 Å². The topological polar surface area (TPSA) is 52.0 Å². The van der Waals surface area contributed by atoms with Crippen LogP contribution in [0.15, 0.2) is 42.5 Å². The highest BCUT2D eigenvalue weighted by molar-refractivity contribution is 5.98. The highest BCUT2D eigenvalue weighted by Crippen LogP contribution is 2.34. The molecule has 0 saturated carbocycles. The van der Waals surface area contributed by atoms with E-state index in [0.29, 0.717) is 0 Å². The first-order valence-electron chi connectivity index (χ1n) is 5.02. The quantitative estimate of drug-likeness (QED) is 0.678. The molecule has 2 aromatic carbocycles. The molecule has 1 aliphatic rings. The minimum absolute atomic E-state index is 0.0800. The molecule has 0 aliphatic heterocycles. The summed E-state index contributed by atoms with van der Waals surface area (Å²) in [5, 5.41) is 2.41. The number of nitrogens with two attached hydrogens (primary N) is 2. The van der Waals surface area contributed by atoms with Crippen LogP contribution in [-0.4, -0.2) is 0 Å². The molecular formula is C13H12N2. The van der Waals surface area contributed by atoms with Crippen LogP contribution in [0.3, 0.4) is 0 Å². The predicted molar refractivity (Wildman–Crippen MR) is 63.0 cm³/mol. The summed E-state index contributed by atoms with van der Waals surface area (Å²) in [7, 11) is 0. The van der Waals surface area contributed by atoms with Gasteiger partial charge in [-0.3, -0.25) is 0 Å². The maximum atomic E-state index is 6.04. The molecule has 0 spiro atoms. The minimum atomic E-state index is -0.0800. The molecule has 0 radical (unpaired) electrons. The molecule has 74 valence electrons. The van der Waals surface area contributed by atoms with E-state index in [1.165, 1.54) is 10.8 Å². The molecule has 4 N–H and O–H groups in total. The number of rotatable bonds is 0. The zero-order valence-corrected chi connectivity index (χ0v) is 8.27. The molecule has 2 aromatic rings. The average molecular weight is 196 g/mol. The van der Waals surface area contributed by atoms with Crippen LogP contribution in [0.4, 0.5) is 0 Å². The Morgan fingerprint density at radius 1 is 1.00 bits per heavy atom. The van der Waals surface area contributed by atoms with E-state index in [1.807, 2.05) is 24.3 Å². The molecule has 3 rings (SSSR count). The second-order valence-electron chi connectivity index (χ2n) is 3.90. The Balaban J connectivity index is 2.51. The summed E-state index contributed by atoms with van der Waals surface area (Å²) in [6.07, 6.45) is 1.91. The smallest absolute Gasteiger partial charge is 0.0510 e. The fraction of sp³-hybridized carbons (Fsp3) is 0.0769. The molecule has 2 heteroatoms. The second-order valence-corrected chi connectivity index (χ2v) is 3.90. The summed E-state index contributed by atoms with van der Waals surface area (Å²) >= 11 is 0. The van der Waals surface area contributed by atoms with E-state index in [2.05, 4.69) is 18.2 Å². The van der Waals surface area contributed by atoms with Gasteiger partial charge in [-0.2, -0.15) is 0 Å². The lowest BCUT2D eigenvalue weighted by Crippen LogP contribution is -2.15. The molecule has 0 aromatic heterocycles. The Labute approximate surface area is 88.2 Å². The summed E-state index contributed by atoms with van der Waals surface area (Å²) in [4.78, 5) is 0. The third kappa shape index (κ3) is 1.09. The highest BCUT2D eigenvalue weighted by Gasteiger charge is 2.17. The maximum Gasteiger partial charge on any atom is 0.0510 e. The van der Waals surface area contributed by atoms with E-state index >= 15 is 0 Å². The van der Waals surface area contributed by atoms with Crippen molar-refractivity contribution in [3.05, 3.63) is 53.6 Å². The first kappa shape index (κ1) is 8.50. The molecule has 15 heavy (non-hydrogen) atoms. The SMILES string of the molecule is NC1=CC(N)c2cccc3cccc1c23. The third-order valence-electron chi connectivity index (χ3n) is 2.97. The Morgan fingerprint density at radius 3 is 2.53 bits per heavy atom. The van der Waals surface area contributed by atoms with Gasteiger partial charge < -0.3 is 11.5 Å². The minimum Gasteiger partial charge on any atom is -0.398 e. The standard InChI is InChI=1S/C13H12N2/c14-11-7-12(15)10-6-2-4-8-3-1-5-9(11)13(8)10/h1-7,11H,14-15H2. The summed E-state index contributed by atoms with van der Waals surface area (Å²) in [6, 6.07) is 12.3. The fourth-order valence-corrected chi connectivity index (χ4v) is 2.26. The normalized spacial score (nSPS) is 19.0. The van der Waals surface area contributed by atoms with Crippen LogP contribution < -0.4 is 11.5 Å². The van der Waals surface area contributed by atoms with Crippen LogP contribution in [0.5, 0.6) is 0 Å². The van der Waals surface area contributed by atoms with Crippen LogP contribution in [0.1, 0.15) is 17.2 Å². The van der Waals surface area contributed by atoms with Gasteiger partial charge in [-0.15, -0.1) is 0 Å². The first-order valence-corrected chi connectivity index (χ1v) is 5.02. The van der Waals surface area contributed by atoms with Crippen molar-refractivity contribution in [2.75, 3.05) is 0 Å². The van der Waals surface area contributed by atoms with E-state index in [9.17, 15) is 0 Å². The Bertz CT molecular complexity index is 565. The van der Waals surface area contributed by atoms with Crippen molar-refractivity contribution in [3.8, 4) is 0 Å². The molecule has 0 saturated heterocycles. The van der Waals surface area contributed by atoms with Crippen LogP contribution >= 0.6 is 0 Å². The third-order valence-corrected chi connectivity index (χ3v) is 2.97. The van der Waals surface area contributed by atoms with Crippen molar-refractivity contribution < 1.29 is 0 Å². The lowest BCUT2D eigenvalue weighted by atomic mass is 9.89. The Hall–Kier alpha value is -1.80. The van der Waals surface area contributed by atoms with Gasteiger partial charge in [0.2, 0.25) is 0 Å². The summed E-state index contributed by atoms with van der Waals surface area (Å²) in [5.41, 5.74) is 15.1. The van der Waals surface area contributed by atoms with Crippen molar-refractivity contribution in [1.82, 2.24) is 0 Å². The fourth-order valence-electron chi connectivity index (χ4n) is 2.26. The molecule has 1 unspecified atom stereocenters. The van der Waals surface area contributed by atoms with Crippen molar-refractivity contribution in [2.24, 2.45) is 11.5 Å². The van der Waals surface area contributed by atoms with E-state index in [4.69, 9.17) is 11.5 Å². The van der Waals surface area contributed by atoms with Crippen LogP contribution in [-0.2, 0) is 0 Å². The zero-order valence-electron chi connectivity index (χ0n) is 8.27. The highest BCUT2D eigenvalue weighted by atomic mass is 14.7. The van der Waals surface area contributed by atoms with Crippen molar-refractivity contribution >= 4 is 16.5 Å². The lowest BCUT2D eigenvalue weighted by molar-refractivity contribution is 0.915. The van der Waals surface area contributed by atoms with E-state index in [0.717, 1.165) is 16.8 Å². The Kier molecular flexibility index (Phi) is 1.61. The molecule has 0 heterocycles. The maximum absolute atomic E-state index is 6.04. The van der Waals surface area contributed by atoms with Gasteiger partial charge in [0.25, 0.3) is 0 Å². The van der Waals surface area contributed by atoms with Gasteiger partial charge >= 0.3 is 0 Å². The first-order chi connectivity index (χ1) is 7.27. The van der Waals surface area contributed by atoms with Gasteiger partial charge in [0.15, 0.2) is 0 Å². The molecule has 1 atom stereocenters. The largest absolute Gasteiger partial charge is 0.398 e. The molecule has 0 bridgehead atoms. The van der Waals surface area contributed by atoms with Gasteiger partial charge in [-0.05, 0) is 22.4 Å². The second kappa shape index (κ2) is 2.84. The number of benzene rings is 2. The zero-order chi connectivity index (χ0) is 10.4. The summed E-state index contributed by atoms with van der Waals surface area (Å²) in [6.45, 7) is 0. The van der Waals surface area contributed by atoms with Crippen molar-refractivity contribution in [1.29, 1.82) is 0 Å². The van der Waals surface area contributed by atoms with Gasteiger partial charge in [0.05, 0.1) is 6.04 Å². The molecule has 0 fully saturated rings. The van der Waals surface area contributed by atoms with Gasteiger partial charge in [-0.25, -0.2) is 0 Å². The van der Waals surface area contributed by atoms with Crippen LogP contribution in [0.25, 0.3) is 16.5 Å². The molecular weight excluding hydrogens is 184 g/mol. The van der Waals surface area contributed by atoms with E-state index < -0.39 is 0 Å². The molecule has 0 amide bonds. The van der Waals surface area contributed by atoms with E-state index in [-0.39, 0.29) is 6.04 Å². The predicted octanol–water partition coefficient (Wildman–Crippen LogP) is 2.15. The van der Waals surface area contributed by atoms with E-state index in [1.54, 1.807) is 0 Å². The van der Waals surface area contributed by atoms with Gasteiger partial charge in [0.1, 0.15) is 0 Å². The van der Waals surface area contributed by atoms with Crippen molar-refractivity contribution in [3.63, 3.8) is 0 Å². The van der Waals surface area contributed by atoms with Crippen molar-refractivity contribution in [2.45, 2.75) is 6.04 Å². The van der Waals surface area contributed by atoms with Crippen LogP contribution in [0, 0.1) is 0 Å². The average Bonchev–Trinajstić information content (AvgIpc) is 2.25. The van der Waals surface area contributed by atoms with Gasteiger partial charge in [0, 0.05) is 11.3 Å².